The Morgan fingerprint density at radius 2 is 2.00 bits per heavy atom. The third-order valence-electron chi connectivity index (χ3n) is 3.92. The average Bonchev–Trinajstić information content (AvgIpc) is 2.50. The zero-order chi connectivity index (χ0) is 14.8. The number of aryl methyl sites for hydroxylation is 1. The van der Waals surface area contributed by atoms with Crippen molar-refractivity contribution in [2.45, 2.75) is 26.2 Å². The number of benzene rings is 2. The quantitative estimate of drug-likeness (QED) is 0.803. The van der Waals surface area contributed by atoms with Crippen LogP contribution in [0.25, 0.3) is 0 Å². The topological polar surface area (TPSA) is 18.5 Å². The zero-order valence-electron chi connectivity index (χ0n) is 12.4. The van der Waals surface area contributed by atoms with Crippen LogP contribution < -0.4 is 9.47 Å². The molecule has 3 heteroatoms. The molecule has 2 nitrogen and oxygen atoms in total. The summed E-state index contributed by atoms with van der Waals surface area (Å²) in [6.45, 7) is 2.88. The van der Waals surface area contributed by atoms with Crippen molar-refractivity contribution < 1.29 is 9.47 Å². The predicted molar refractivity (Wildman–Crippen MR) is 88.5 cm³/mol. The second-order valence-electron chi connectivity index (χ2n) is 5.47. The Morgan fingerprint density at radius 3 is 2.71 bits per heavy atom. The van der Waals surface area contributed by atoms with E-state index in [9.17, 15) is 0 Å². The second kappa shape index (κ2) is 6.10. The summed E-state index contributed by atoms with van der Waals surface area (Å²) in [6, 6.07) is 10.9. The van der Waals surface area contributed by atoms with Gasteiger partial charge in [0, 0.05) is 5.56 Å². The molecule has 0 N–H and O–H groups in total. The molecule has 0 fully saturated rings. The van der Waals surface area contributed by atoms with Crippen LogP contribution in [0.4, 0.5) is 0 Å². The van der Waals surface area contributed by atoms with E-state index in [1.54, 1.807) is 7.11 Å². The van der Waals surface area contributed by atoms with E-state index in [0.29, 0.717) is 0 Å². The Bertz CT molecular complexity index is 647. The molecule has 0 radical (unpaired) electrons. The fourth-order valence-electron chi connectivity index (χ4n) is 2.82. The standard InChI is InChI=1S/C18H19BrO2/c1-12-5-7-13(8-6-12)10-14-11-16(19)18(20-2)17-15(14)4-3-9-21-17/h5-8,11H,3-4,9-10H2,1-2H3. The van der Waals surface area contributed by atoms with E-state index in [1.807, 2.05) is 0 Å². The molecule has 0 aromatic heterocycles. The summed E-state index contributed by atoms with van der Waals surface area (Å²) in [5, 5.41) is 0. The molecule has 2 aromatic rings. The molecule has 0 unspecified atom stereocenters. The number of halogens is 1. The predicted octanol–water partition coefficient (Wildman–Crippen LogP) is 4.68. The van der Waals surface area contributed by atoms with Crippen molar-refractivity contribution in [2.75, 3.05) is 13.7 Å². The normalized spacial score (nSPS) is 13.5. The van der Waals surface area contributed by atoms with Crippen LogP contribution in [0.3, 0.4) is 0 Å². The fraction of sp³-hybridized carbons (Fsp3) is 0.333. The Morgan fingerprint density at radius 1 is 1.24 bits per heavy atom. The van der Waals surface area contributed by atoms with Crippen molar-refractivity contribution in [2.24, 2.45) is 0 Å². The highest BCUT2D eigenvalue weighted by Crippen LogP contribution is 2.43. The molecule has 0 atom stereocenters. The first-order chi connectivity index (χ1) is 10.2. The van der Waals surface area contributed by atoms with Crippen LogP contribution in [0.5, 0.6) is 11.5 Å². The first kappa shape index (κ1) is 14.5. The first-order valence-electron chi connectivity index (χ1n) is 7.25. The van der Waals surface area contributed by atoms with Gasteiger partial charge in [-0.1, -0.05) is 29.8 Å². The number of hydrogen-bond donors (Lipinski definition) is 0. The van der Waals surface area contributed by atoms with Crippen LogP contribution in [-0.2, 0) is 12.8 Å². The third kappa shape index (κ3) is 2.93. The molecular formula is C18H19BrO2. The van der Waals surface area contributed by atoms with E-state index in [-0.39, 0.29) is 0 Å². The Kier molecular flexibility index (Phi) is 4.20. The summed E-state index contributed by atoms with van der Waals surface area (Å²) in [6.07, 6.45) is 3.05. The van der Waals surface area contributed by atoms with E-state index < -0.39 is 0 Å². The van der Waals surface area contributed by atoms with Gasteiger partial charge in [0.05, 0.1) is 18.2 Å². The number of rotatable bonds is 3. The molecule has 2 aromatic carbocycles. The van der Waals surface area contributed by atoms with Gasteiger partial charge in [-0.05, 0) is 59.3 Å². The molecule has 0 amide bonds. The lowest BCUT2D eigenvalue weighted by Gasteiger charge is -2.23. The van der Waals surface area contributed by atoms with Gasteiger partial charge in [-0.3, -0.25) is 0 Å². The molecule has 0 saturated heterocycles. The minimum Gasteiger partial charge on any atom is -0.492 e. The van der Waals surface area contributed by atoms with Gasteiger partial charge >= 0.3 is 0 Å². The van der Waals surface area contributed by atoms with Crippen molar-refractivity contribution in [3.63, 3.8) is 0 Å². The van der Waals surface area contributed by atoms with Gasteiger partial charge < -0.3 is 9.47 Å². The largest absolute Gasteiger partial charge is 0.492 e. The lowest BCUT2D eigenvalue weighted by atomic mass is 9.94. The summed E-state index contributed by atoms with van der Waals surface area (Å²) in [5.41, 5.74) is 5.23. The molecule has 1 heterocycles. The van der Waals surface area contributed by atoms with Crippen molar-refractivity contribution in [1.29, 1.82) is 0 Å². The maximum atomic E-state index is 5.87. The molecule has 0 aliphatic carbocycles. The van der Waals surface area contributed by atoms with E-state index in [4.69, 9.17) is 9.47 Å². The highest BCUT2D eigenvalue weighted by atomic mass is 79.9. The van der Waals surface area contributed by atoms with Crippen molar-refractivity contribution in [3.8, 4) is 11.5 Å². The van der Waals surface area contributed by atoms with E-state index in [2.05, 4.69) is 53.2 Å². The van der Waals surface area contributed by atoms with Crippen LogP contribution in [0.2, 0.25) is 0 Å². The van der Waals surface area contributed by atoms with Crippen LogP contribution in [0, 0.1) is 6.92 Å². The van der Waals surface area contributed by atoms with Crippen molar-refractivity contribution >= 4 is 15.9 Å². The lowest BCUT2D eigenvalue weighted by Crippen LogP contribution is -2.12. The lowest BCUT2D eigenvalue weighted by molar-refractivity contribution is 0.267. The number of ether oxygens (including phenoxy) is 2. The maximum Gasteiger partial charge on any atom is 0.175 e. The highest BCUT2D eigenvalue weighted by Gasteiger charge is 2.22. The van der Waals surface area contributed by atoms with Crippen molar-refractivity contribution in [3.05, 3.63) is 57.1 Å². The average molecular weight is 347 g/mol. The molecule has 1 aliphatic heterocycles. The number of methoxy groups -OCH3 is 1. The minimum atomic E-state index is 0.768. The third-order valence-corrected chi connectivity index (χ3v) is 4.51. The maximum absolute atomic E-state index is 5.87. The van der Waals surface area contributed by atoms with Crippen LogP contribution in [0.15, 0.2) is 34.8 Å². The monoisotopic (exact) mass is 346 g/mol. The highest BCUT2D eigenvalue weighted by molar-refractivity contribution is 9.10. The molecular weight excluding hydrogens is 328 g/mol. The van der Waals surface area contributed by atoms with Gasteiger partial charge in [0.15, 0.2) is 11.5 Å². The second-order valence-corrected chi connectivity index (χ2v) is 6.33. The molecule has 0 saturated carbocycles. The van der Waals surface area contributed by atoms with Gasteiger partial charge in [-0.2, -0.15) is 0 Å². The van der Waals surface area contributed by atoms with Gasteiger partial charge in [-0.15, -0.1) is 0 Å². The molecule has 110 valence electrons. The molecule has 21 heavy (non-hydrogen) atoms. The van der Waals surface area contributed by atoms with Crippen LogP contribution in [-0.4, -0.2) is 13.7 Å². The van der Waals surface area contributed by atoms with E-state index >= 15 is 0 Å². The smallest absolute Gasteiger partial charge is 0.175 e. The van der Waals surface area contributed by atoms with Gasteiger partial charge in [0.25, 0.3) is 0 Å². The molecule has 1 aliphatic rings. The van der Waals surface area contributed by atoms with Gasteiger partial charge in [-0.25, -0.2) is 0 Å². The Labute approximate surface area is 134 Å². The van der Waals surface area contributed by atoms with Gasteiger partial charge in [0.1, 0.15) is 0 Å². The minimum absolute atomic E-state index is 0.768. The van der Waals surface area contributed by atoms with E-state index in [0.717, 1.165) is 41.8 Å². The van der Waals surface area contributed by atoms with Crippen molar-refractivity contribution in [1.82, 2.24) is 0 Å². The van der Waals surface area contributed by atoms with Crippen LogP contribution >= 0.6 is 15.9 Å². The summed E-state index contributed by atoms with van der Waals surface area (Å²) in [7, 11) is 1.69. The summed E-state index contributed by atoms with van der Waals surface area (Å²) >= 11 is 3.61. The Balaban J connectivity index is 2.02. The number of hydrogen-bond acceptors (Lipinski definition) is 2. The molecule has 0 spiro atoms. The van der Waals surface area contributed by atoms with Gasteiger partial charge in [0.2, 0.25) is 0 Å². The summed E-state index contributed by atoms with van der Waals surface area (Å²) < 4.78 is 12.3. The van der Waals surface area contributed by atoms with E-state index in [1.165, 1.54) is 22.3 Å². The Hall–Kier alpha value is -1.48. The van der Waals surface area contributed by atoms with Crippen LogP contribution in [0.1, 0.15) is 28.7 Å². The molecule has 0 bridgehead atoms. The molecule has 3 rings (SSSR count). The fourth-order valence-corrected chi connectivity index (χ4v) is 3.44. The SMILES string of the molecule is COc1c(Br)cc(Cc2ccc(C)cc2)c2c1OCCC2. The zero-order valence-corrected chi connectivity index (χ0v) is 14.0. The summed E-state index contributed by atoms with van der Waals surface area (Å²) in [4.78, 5) is 0. The summed E-state index contributed by atoms with van der Waals surface area (Å²) in [5.74, 6) is 1.73. The first-order valence-corrected chi connectivity index (χ1v) is 8.05. The number of fused-ring (bicyclic) bond motifs is 1.